The van der Waals surface area contributed by atoms with Crippen molar-refractivity contribution in [3.05, 3.63) is 59.9 Å². The zero-order valence-electron chi connectivity index (χ0n) is 14.0. The number of benzene rings is 2. The maximum absolute atomic E-state index is 13.2. The normalized spacial score (nSPS) is 11.9. The molecule has 0 radical (unpaired) electrons. The number of alkyl halides is 3. The maximum atomic E-state index is 13.2. The van der Waals surface area contributed by atoms with Crippen molar-refractivity contribution >= 4 is 21.7 Å². The highest BCUT2D eigenvalue weighted by molar-refractivity contribution is 7.92. The number of ether oxygens (including phenoxy) is 1. The summed E-state index contributed by atoms with van der Waals surface area (Å²) in [6.07, 6.45) is -5.07. The van der Waals surface area contributed by atoms with E-state index in [9.17, 15) is 30.8 Å². The minimum Gasteiger partial charge on any atom is -0.469 e. The lowest BCUT2D eigenvalue weighted by atomic mass is 10.2. The molecule has 146 valence electrons. The van der Waals surface area contributed by atoms with Gasteiger partial charge in [-0.05, 0) is 42.5 Å². The number of nitrogens with zero attached hydrogens (tertiary/aromatic N) is 1. The largest absolute Gasteiger partial charge is 0.469 e. The van der Waals surface area contributed by atoms with Crippen molar-refractivity contribution in [3.8, 4) is 0 Å². The Hall–Kier alpha value is -2.62. The van der Waals surface area contributed by atoms with E-state index in [1.165, 1.54) is 0 Å². The van der Waals surface area contributed by atoms with Gasteiger partial charge in [0, 0.05) is 6.54 Å². The van der Waals surface area contributed by atoms with Crippen LogP contribution in [0.2, 0.25) is 0 Å². The van der Waals surface area contributed by atoms with Gasteiger partial charge in [0.2, 0.25) is 0 Å². The van der Waals surface area contributed by atoms with E-state index >= 15 is 0 Å². The number of hydrogen-bond donors (Lipinski definition) is 0. The third-order valence-electron chi connectivity index (χ3n) is 3.61. The molecule has 0 aliphatic carbocycles. The number of carbonyl (C=O) groups is 1. The van der Waals surface area contributed by atoms with Gasteiger partial charge in [-0.15, -0.1) is 0 Å². The fraction of sp³-hybridized carbons (Fsp3) is 0.235. The third-order valence-corrected chi connectivity index (χ3v) is 5.43. The third kappa shape index (κ3) is 4.97. The molecule has 0 heterocycles. The van der Waals surface area contributed by atoms with E-state index in [1.54, 1.807) is 0 Å². The predicted molar refractivity (Wildman–Crippen MR) is 89.0 cm³/mol. The second-order valence-electron chi connectivity index (χ2n) is 5.41. The lowest BCUT2D eigenvalue weighted by Gasteiger charge is -2.24. The summed E-state index contributed by atoms with van der Waals surface area (Å²) >= 11 is 0. The first-order chi connectivity index (χ1) is 12.6. The van der Waals surface area contributed by atoms with Crippen molar-refractivity contribution in [2.24, 2.45) is 0 Å². The lowest BCUT2D eigenvalue weighted by molar-refractivity contribution is -0.140. The van der Waals surface area contributed by atoms with Gasteiger partial charge in [0.15, 0.2) is 0 Å². The number of halogens is 4. The van der Waals surface area contributed by atoms with Gasteiger partial charge in [-0.1, -0.05) is 6.07 Å². The molecule has 0 spiro atoms. The summed E-state index contributed by atoms with van der Waals surface area (Å²) in [5.74, 6) is -1.33. The average molecular weight is 405 g/mol. The Morgan fingerprint density at radius 1 is 1.11 bits per heavy atom. The minimum absolute atomic E-state index is 0.00212. The summed E-state index contributed by atoms with van der Waals surface area (Å²) in [5, 5.41) is 0. The Labute approximate surface area is 153 Å². The number of esters is 1. The molecule has 0 N–H and O–H groups in total. The van der Waals surface area contributed by atoms with E-state index in [0.29, 0.717) is 6.07 Å². The summed E-state index contributed by atoms with van der Waals surface area (Å²) in [6.45, 7) is -0.392. The number of anilines is 1. The maximum Gasteiger partial charge on any atom is 0.416 e. The van der Waals surface area contributed by atoms with Gasteiger partial charge < -0.3 is 4.74 Å². The van der Waals surface area contributed by atoms with Crippen molar-refractivity contribution in [1.29, 1.82) is 0 Å². The number of methoxy groups -OCH3 is 1. The van der Waals surface area contributed by atoms with Crippen LogP contribution in [0.5, 0.6) is 0 Å². The Kier molecular flexibility index (Phi) is 6.09. The van der Waals surface area contributed by atoms with Gasteiger partial charge in [0.1, 0.15) is 5.82 Å². The summed E-state index contributed by atoms with van der Waals surface area (Å²) in [5.41, 5.74) is -1.13. The number of hydrogen-bond acceptors (Lipinski definition) is 4. The molecule has 5 nitrogen and oxygen atoms in total. The zero-order chi connectivity index (χ0) is 20.2. The number of rotatable bonds is 6. The fourth-order valence-electron chi connectivity index (χ4n) is 2.25. The van der Waals surface area contributed by atoms with Gasteiger partial charge in [-0.3, -0.25) is 9.10 Å². The molecular formula is C17H15F4NO4S. The molecule has 0 fully saturated rings. The summed E-state index contributed by atoms with van der Waals surface area (Å²) in [4.78, 5) is 10.8. The highest BCUT2D eigenvalue weighted by Gasteiger charge is 2.33. The highest BCUT2D eigenvalue weighted by atomic mass is 32.2. The van der Waals surface area contributed by atoms with Crippen LogP contribution in [0.3, 0.4) is 0 Å². The van der Waals surface area contributed by atoms with E-state index in [4.69, 9.17) is 0 Å². The average Bonchev–Trinajstić information content (AvgIpc) is 2.62. The Morgan fingerprint density at radius 3 is 2.30 bits per heavy atom. The summed E-state index contributed by atoms with van der Waals surface area (Å²) < 4.78 is 82.9. The second kappa shape index (κ2) is 7.95. The van der Waals surface area contributed by atoms with Crippen LogP contribution in [0, 0.1) is 5.82 Å². The van der Waals surface area contributed by atoms with Crippen LogP contribution in [0.1, 0.15) is 12.0 Å². The standard InChI is InChI=1S/C17H15F4NO4S/c1-26-16(23)9-10-22(14-7-5-13(18)6-8-14)27(24,25)15-4-2-3-12(11-15)17(19,20)21/h2-8,11H,9-10H2,1H3. The molecule has 2 aromatic carbocycles. The number of sulfonamides is 1. The van der Waals surface area contributed by atoms with Crippen LogP contribution in [0.25, 0.3) is 0 Å². The van der Waals surface area contributed by atoms with Gasteiger partial charge in [0.25, 0.3) is 10.0 Å². The Morgan fingerprint density at radius 2 is 1.74 bits per heavy atom. The first kappa shape index (κ1) is 20.7. The quantitative estimate of drug-likeness (QED) is 0.544. The van der Waals surface area contributed by atoms with Gasteiger partial charge in [-0.2, -0.15) is 13.2 Å². The second-order valence-corrected chi connectivity index (χ2v) is 7.27. The molecule has 2 aromatic rings. The van der Waals surface area contributed by atoms with E-state index in [1.807, 2.05) is 0 Å². The van der Waals surface area contributed by atoms with Crippen molar-refractivity contribution < 1.29 is 35.5 Å². The Bertz CT molecular complexity index is 911. The molecule has 0 aliphatic rings. The first-order valence-electron chi connectivity index (χ1n) is 7.58. The predicted octanol–water partition coefficient (Wildman–Crippen LogP) is 3.60. The van der Waals surface area contributed by atoms with Crippen LogP contribution in [-0.2, 0) is 25.7 Å². The fourth-order valence-corrected chi connectivity index (χ4v) is 3.76. The molecule has 0 atom stereocenters. The van der Waals surface area contributed by atoms with Crippen LogP contribution in [0.4, 0.5) is 23.2 Å². The van der Waals surface area contributed by atoms with Crippen LogP contribution in [-0.4, -0.2) is 28.0 Å². The molecule has 0 aromatic heterocycles. The van der Waals surface area contributed by atoms with Crippen LogP contribution in [0.15, 0.2) is 53.4 Å². The zero-order valence-corrected chi connectivity index (χ0v) is 14.8. The van der Waals surface area contributed by atoms with Gasteiger partial charge >= 0.3 is 12.1 Å². The number of carbonyl (C=O) groups excluding carboxylic acids is 1. The molecule has 2 rings (SSSR count). The topological polar surface area (TPSA) is 63.7 Å². The van der Waals surface area contributed by atoms with E-state index in [-0.39, 0.29) is 12.1 Å². The monoisotopic (exact) mass is 405 g/mol. The minimum atomic E-state index is -4.72. The lowest BCUT2D eigenvalue weighted by Crippen LogP contribution is -2.33. The smallest absolute Gasteiger partial charge is 0.416 e. The van der Waals surface area contributed by atoms with Crippen molar-refractivity contribution in [2.45, 2.75) is 17.5 Å². The van der Waals surface area contributed by atoms with Crippen LogP contribution >= 0.6 is 0 Å². The van der Waals surface area contributed by atoms with Gasteiger partial charge in [0.05, 0.1) is 29.7 Å². The molecule has 0 saturated heterocycles. The first-order valence-corrected chi connectivity index (χ1v) is 9.02. The molecule has 0 aliphatic heterocycles. The highest BCUT2D eigenvalue weighted by Crippen LogP contribution is 2.32. The van der Waals surface area contributed by atoms with Crippen molar-refractivity contribution in [2.75, 3.05) is 18.0 Å². The summed E-state index contributed by atoms with van der Waals surface area (Å²) in [6, 6.07) is 7.54. The molecule has 10 heteroatoms. The molecule has 0 bridgehead atoms. The molecule has 0 amide bonds. The summed E-state index contributed by atoms with van der Waals surface area (Å²) in [7, 11) is -3.33. The Balaban J connectivity index is 2.49. The van der Waals surface area contributed by atoms with Crippen molar-refractivity contribution in [3.63, 3.8) is 0 Å². The van der Waals surface area contributed by atoms with E-state index < -0.39 is 45.0 Å². The van der Waals surface area contributed by atoms with Gasteiger partial charge in [-0.25, -0.2) is 12.8 Å². The van der Waals surface area contributed by atoms with E-state index in [2.05, 4.69) is 4.74 Å². The van der Waals surface area contributed by atoms with E-state index in [0.717, 1.165) is 53.9 Å². The van der Waals surface area contributed by atoms with Crippen molar-refractivity contribution in [1.82, 2.24) is 0 Å². The molecular weight excluding hydrogens is 390 g/mol. The SMILES string of the molecule is COC(=O)CCN(c1ccc(F)cc1)S(=O)(=O)c1cccc(C(F)(F)F)c1. The van der Waals surface area contributed by atoms with Crippen LogP contribution < -0.4 is 4.31 Å². The molecule has 0 unspecified atom stereocenters. The molecule has 27 heavy (non-hydrogen) atoms. The molecule has 0 saturated carbocycles.